The van der Waals surface area contributed by atoms with E-state index in [0.29, 0.717) is 43.4 Å². The Morgan fingerprint density at radius 1 is 1.08 bits per heavy atom. The van der Waals surface area contributed by atoms with Crippen molar-refractivity contribution in [3.63, 3.8) is 0 Å². The molecule has 3 N–H and O–H groups in total. The number of carbonyl (C=O) groups is 4. The van der Waals surface area contributed by atoms with Crippen LogP contribution in [0.15, 0.2) is 54.2 Å². The molecule has 0 radical (unpaired) electrons. The van der Waals surface area contributed by atoms with Crippen LogP contribution in [0.25, 0.3) is 5.57 Å². The molecule has 270 valence electrons. The minimum atomic E-state index is -3.88. The monoisotopic (exact) mass is 709 g/mol. The highest BCUT2D eigenvalue weighted by Crippen LogP contribution is 2.47. The van der Waals surface area contributed by atoms with Gasteiger partial charge in [-0.05, 0) is 70.4 Å². The fourth-order valence-electron chi connectivity index (χ4n) is 7.02. The number of fused-ring (bicyclic) bond motifs is 2. The molecular formula is C36H47N5O8S. The van der Waals surface area contributed by atoms with E-state index in [0.717, 1.165) is 18.4 Å². The van der Waals surface area contributed by atoms with Gasteiger partial charge in [0.2, 0.25) is 21.8 Å². The van der Waals surface area contributed by atoms with Gasteiger partial charge in [-0.3, -0.25) is 19.1 Å². The standard InChI is InChI=1S/C36H47N5O8S/c1-23(24-13-9-8-10-14-24)28-20-35(49-39-28)21-29-30(42)38-36(32(44)40-50(46,47)26-17-18-26)19-25(36)15-11-6-5-7-12-16-27(31(43)41(29)22-35)37-33(45)48-34(2,3)4/h8-11,13-15,25-27,29H,1,5-7,12,16-22H2,2-4H3,(H,37,45)(H,38,42)(H,40,44)/b15-11-. The van der Waals surface area contributed by atoms with Crippen LogP contribution < -0.4 is 15.4 Å². The van der Waals surface area contributed by atoms with Crippen LogP contribution >= 0.6 is 0 Å². The molecule has 50 heavy (non-hydrogen) atoms. The quantitative estimate of drug-likeness (QED) is 0.375. The van der Waals surface area contributed by atoms with Crippen molar-refractivity contribution in [2.24, 2.45) is 11.1 Å². The number of nitrogens with zero attached hydrogens (tertiary/aromatic N) is 2. The Balaban J connectivity index is 1.30. The summed E-state index contributed by atoms with van der Waals surface area (Å²) in [6.07, 6.45) is 7.79. The molecular weight excluding hydrogens is 662 g/mol. The maximum absolute atomic E-state index is 14.5. The Kier molecular flexibility index (Phi) is 9.61. The van der Waals surface area contributed by atoms with Gasteiger partial charge in [-0.25, -0.2) is 13.2 Å². The Hall–Kier alpha value is -4.20. The molecule has 6 rings (SSSR count). The number of nitrogens with one attached hydrogen (secondary N) is 3. The van der Waals surface area contributed by atoms with Gasteiger partial charge in [-0.1, -0.05) is 67.1 Å². The van der Waals surface area contributed by atoms with Crippen molar-refractivity contribution in [1.29, 1.82) is 0 Å². The molecule has 4 amide bonds. The Bertz CT molecular complexity index is 1720. The van der Waals surface area contributed by atoms with Crippen LogP contribution in [0.1, 0.15) is 90.5 Å². The molecule has 2 saturated carbocycles. The number of alkyl carbamates (subject to hydrolysis) is 1. The number of ether oxygens (including phenoxy) is 1. The number of carbonyl (C=O) groups excluding carboxylic acids is 4. The van der Waals surface area contributed by atoms with Crippen LogP contribution in [-0.2, 0) is 34.0 Å². The van der Waals surface area contributed by atoms with E-state index in [2.05, 4.69) is 27.1 Å². The normalized spacial score (nSPS) is 30.7. The van der Waals surface area contributed by atoms with E-state index in [4.69, 9.17) is 9.57 Å². The molecule has 3 heterocycles. The number of allylic oxidation sites excluding steroid dienone is 2. The second kappa shape index (κ2) is 13.5. The van der Waals surface area contributed by atoms with Gasteiger partial charge in [0.05, 0.1) is 17.5 Å². The summed E-state index contributed by atoms with van der Waals surface area (Å²) in [6.45, 7) is 9.40. The summed E-state index contributed by atoms with van der Waals surface area (Å²) in [4.78, 5) is 62.9. The highest BCUT2D eigenvalue weighted by molar-refractivity contribution is 7.91. The first kappa shape index (κ1) is 35.6. The molecule has 1 spiro atoms. The van der Waals surface area contributed by atoms with Gasteiger partial charge in [-0.2, -0.15) is 0 Å². The number of benzene rings is 1. The molecule has 5 aliphatic rings. The largest absolute Gasteiger partial charge is 0.444 e. The third-order valence-corrected chi connectivity index (χ3v) is 11.8. The lowest BCUT2D eigenvalue weighted by molar-refractivity contribution is -0.141. The van der Waals surface area contributed by atoms with Crippen molar-refractivity contribution in [1.82, 2.24) is 20.3 Å². The number of amides is 4. The molecule has 14 heteroatoms. The first-order valence-electron chi connectivity index (χ1n) is 17.5. The average Bonchev–Trinajstić information content (AvgIpc) is 3.96. The second-order valence-corrected chi connectivity index (χ2v) is 17.2. The van der Waals surface area contributed by atoms with Crippen LogP contribution in [0.4, 0.5) is 4.79 Å². The lowest BCUT2D eigenvalue weighted by atomic mass is 9.90. The van der Waals surface area contributed by atoms with E-state index in [1.165, 1.54) is 4.90 Å². The van der Waals surface area contributed by atoms with E-state index in [9.17, 15) is 27.6 Å². The van der Waals surface area contributed by atoms with Crippen LogP contribution in [0.5, 0.6) is 0 Å². The van der Waals surface area contributed by atoms with Crippen LogP contribution in [0, 0.1) is 5.92 Å². The maximum atomic E-state index is 14.5. The fourth-order valence-corrected chi connectivity index (χ4v) is 8.38. The Labute approximate surface area is 293 Å². The number of rotatable bonds is 6. The van der Waals surface area contributed by atoms with E-state index in [1.807, 2.05) is 42.5 Å². The molecule has 1 saturated heterocycles. The lowest BCUT2D eigenvalue weighted by Crippen LogP contribution is -2.58. The summed E-state index contributed by atoms with van der Waals surface area (Å²) in [5, 5.41) is 9.36. The first-order chi connectivity index (χ1) is 23.6. The van der Waals surface area contributed by atoms with Crippen LogP contribution in [0.3, 0.4) is 0 Å². The van der Waals surface area contributed by atoms with Crippen molar-refractivity contribution in [2.45, 2.75) is 119 Å². The maximum Gasteiger partial charge on any atom is 0.408 e. The molecule has 0 bridgehead atoms. The Morgan fingerprint density at radius 2 is 1.82 bits per heavy atom. The summed E-state index contributed by atoms with van der Waals surface area (Å²) in [5.41, 5.74) is -1.25. The van der Waals surface area contributed by atoms with Gasteiger partial charge in [0.15, 0.2) is 5.60 Å². The number of oxime groups is 1. The van der Waals surface area contributed by atoms with Gasteiger partial charge in [0, 0.05) is 18.8 Å². The summed E-state index contributed by atoms with van der Waals surface area (Å²) in [5.74, 6) is -2.30. The van der Waals surface area contributed by atoms with Gasteiger partial charge < -0.3 is 25.1 Å². The molecule has 0 aromatic heterocycles. The summed E-state index contributed by atoms with van der Waals surface area (Å²) >= 11 is 0. The lowest BCUT2D eigenvalue weighted by Gasteiger charge is -2.30. The minimum Gasteiger partial charge on any atom is -0.444 e. The SMILES string of the molecule is C=C(C1=NOC2(C1)CC1C(=O)NC3(C(=O)NS(=O)(=O)C4CC4)CC3/C=C\CCCCCC(NC(=O)OC(C)(C)C)C(=O)N1C2)c1ccccc1. The van der Waals surface area contributed by atoms with Crippen molar-refractivity contribution in [3.05, 3.63) is 54.6 Å². The predicted octanol–water partition coefficient (Wildman–Crippen LogP) is 3.71. The van der Waals surface area contributed by atoms with Crippen molar-refractivity contribution < 1.29 is 37.2 Å². The molecule has 5 unspecified atom stereocenters. The van der Waals surface area contributed by atoms with E-state index in [-0.39, 0.29) is 25.8 Å². The van der Waals surface area contributed by atoms with Crippen LogP contribution in [-0.4, -0.2) is 83.5 Å². The number of sulfonamides is 1. The molecule has 1 aromatic carbocycles. The third kappa shape index (κ3) is 7.74. The van der Waals surface area contributed by atoms with E-state index >= 15 is 0 Å². The van der Waals surface area contributed by atoms with Gasteiger partial charge in [-0.15, -0.1) is 0 Å². The first-order valence-corrected chi connectivity index (χ1v) is 19.0. The zero-order chi connectivity index (χ0) is 35.9. The summed E-state index contributed by atoms with van der Waals surface area (Å²) < 4.78 is 33.3. The molecule has 1 aromatic rings. The molecule has 5 atom stereocenters. The third-order valence-electron chi connectivity index (χ3n) is 9.98. The van der Waals surface area contributed by atoms with Crippen molar-refractivity contribution in [3.8, 4) is 0 Å². The smallest absolute Gasteiger partial charge is 0.408 e. The summed E-state index contributed by atoms with van der Waals surface area (Å²) in [6, 6.07) is 7.40. The van der Waals surface area contributed by atoms with Gasteiger partial charge in [0.25, 0.3) is 5.91 Å². The number of hydrogen-bond acceptors (Lipinski definition) is 9. The zero-order valence-electron chi connectivity index (χ0n) is 28.9. The van der Waals surface area contributed by atoms with Crippen LogP contribution in [0.2, 0.25) is 0 Å². The minimum absolute atomic E-state index is 0.00985. The van der Waals surface area contributed by atoms with E-state index in [1.54, 1.807) is 20.8 Å². The molecule has 3 aliphatic heterocycles. The van der Waals surface area contributed by atoms with Crippen molar-refractivity contribution >= 4 is 45.1 Å². The highest BCUT2D eigenvalue weighted by Gasteiger charge is 2.63. The molecule has 2 aliphatic carbocycles. The Morgan fingerprint density at radius 3 is 2.52 bits per heavy atom. The summed E-state index contributed by atoms with van der Waals surface area (Å²) in [7, 11) is -3.88. The molecule has 13 nitrogen and oxygen atoms in total. The predicted molar refractivity (Wildman–Crippen MR) is 186 cm³/mol. The fraction of sp³-hybridized carbons (Fsp3) is 0.583. The second-order valence-electron chi connectivity index (χ2n) is 15.2. The topological polar surface area (TPSA) is 173 Å². The average molecular weight is 710 g/mol. The van der Waals surface area contributed by atoms with Gasteiger partial charge in [0.1, 0.15) is 23.2 Å². The number of hydrogen-bond donors (Lipinski definition) is 3. The van der Waals surface area contributed by atoms with E-state index < -0.39 is 73.8 Å². The molecule has 3 fully saturated rings. The highest BCUT2D eigenvalue weighted by atomic mass is 32.2. The zero-order valence-corrected chi connectivity index (χ0v) is 29.7. The van der Waals surface area contributed by atoms with Gasteiger partial charge >= 0.3 is 6.09 Å². The van der Waals surface area contributed by atoms with Crippen molar-refractivity contribution in [2.75, 3.05) is 6.54 Å².